The minimum Gasteiger partial charge on any atom is -0.394 e. The van der Waals surface area contributed by atoms with Gasteiger partial charge in [0.05, 0.1) is 11.6 Å². The highest BCUT2D eigenvalue weighted by atomic mass is 35.5. The fourth-order valence-corrected chi connectivity index (χ4v) is 3.78. The third-order valence-electron chi connectivity index (χ3n) is 3.21. The lowest BCUT2D eigenvalue weighted by molar-refractivity contribution is 0.0922. The van der Waals surface area contributed by atoms with E-state index in [1.165, 1.54) is 42.5 Å². The number of carbonyl (C=O) groups is 1. The molecule has 1 unspecified atom stereocenters. The molecule has 9 heteroatoms. The van der Waals surface area contributed by atoms with Crippen molar-refractivity contribution in [3.05, 3.63) is 58.1 Å². The number of benzene rings is 2. The zero-order valence-corrected chi connectivity index (χ0v) is 15.5. The number of anilines is 1. The molecule has 0 aliphatic rings. The molecule has 0 heterocycles. The van der Waals surface area contributed by atoms with E-state index in [0.29, 0.717) is 0 Å². The fourth-order valence-electron chi connectivity index (χ4n) is 1.97. The van der Waals surface area contributed by atoms with E-state index in [1.807, 2.05) is 0 Å². The molecule has 1 atom stereocenters. The van der Waals surface area contributed by atoms with Crippen LogP contribution in [0.15, 0.2) is 47.4 Å². The van der Waals surface area contributed by atoms with Gasteiger partial charge in [-0.25, -0.2) is 8.42 Å². The molecule has 0 saturated heterocycles. The summed E-state index contributed by atoms with van der Waals surface area (Å²) >= 11 is 11.8. The van der Waals surface area contributed by atoms with Gasteiger partial charge in [0.15, 0.2) is 0 Å². The van der Waals surface area contributed by atoms with Gasteiger partial charge < -0.3 is 10.4 Å². The predicted molar refractivity (Wildman–Crippen MR) is 97.7 cm³/mol. The Hall–Kier alpha value is -1.80. The number of aliphatic hydroxyl groups is 1. The van der Waals surface area contributed by atoms with Crippen molar-refractivity contribution in [2.24, 2.45) is 0 Å². The summed E-state index contributed by atoms with van der Waals surface area (Å²) in [6.07, 6.45) is 0. The van der Waals surface area contributed by atoms with Crippen LogP contribution in [0.3, 0.4) is 0 Å². The van der Waals surface area contributed by atoms with Crippen molar-refractivity contribution in [3.63, 3.8) is 0 Å². The van der Waals surface area contributed by atoms with Crippen molar-refractivity contribution >= 4 is 44.8 Å². The second-order valence-electron chi connectivity index (χ2n) is 5.32. The summed E-state index contributed by atoms with van der Waals surface area (Å²) in [5, 5.41) is 11.8. The van der Waals surface area contributed by atoms with E-state index in [9.17, 15) is 13.2 Å². The monoisotopic (exact) mass is 402 g/mol. The first-order chi connectivity index (χ1) is 11.7. The van der Waals surface area contributed by atoms with E-state index in [1.54, 1.807) is 6.92 Å². The van der Waals surface area contributed by atoms with Crippen LogP contribution in [0, 0.1) is 0 Å². The summed E-state index contributed by atoms with van der Waals surface area (Å²) in [6.45, 7) is 1.44. The molecule has 1 amide bonds. The smallest absolute Gasteiger partial charge is 0.263 e. The Morgan fingerprint density at radius 2 is 1.92 bits per heavy atom. The summed E-state index contributed by atoms with van der Waals surface area (Å²) in [4.78, 5) is 11.9. The molecule has 134 valence electrons. The first kappa shape index (κ1) is 19.5. The zero-order valence-electron chi connectivity index (χ0n) is 13.2. The Morgan fingerprint density at radius 3 is 2.60 bits per heavy atom. The highest BCUT2D eigenvalue weighted by molar-refractivity contribution is 7.92. The number of nitrogens with one attached hydrogen (secondary N) is 2. The molecule has 2 aromatic rings. The zero-order chi connectivity index (χ0) is 18.6. The number of halogens is 2. The summed E-state index contributed by atoms with van der Waals surface area (Å²) in [7, 11) is -3.97. The van der Waals surface area contributed by atoms with Gasteiger partial charge in [-0.3, -0.25) is 9.52 Å². The highest BCUT2D eigenvalue weighted by Gasteiger charge is 2.19. The van der Waals surface area contributed by atoms with Crippen molar-refractivity contribution in [1.82, 2.24) is 5.32 Å². The van der Waals surface area contributed by atoms with Crippen LogP contribution >= 0.6 is 23.2 Å². The SMILES string of the molecule is CC(CO)NC(=O)c1cccc(NS(=O)(=O)c2cc(Cl)ccc2Cl)c1. The standard InChI is InChI=1S/C16H16Cl2N2O4S/c1-10(9-21)19-16(22)11-3-2-4-13(7-11)20-25(23,24)15-8-12(17)5-6-14(15)18/h2-8,10,20-21H,9H2,1H3,(H,19,22). The van der Waals surface area contributed by atoms with Crippen LogP contribution in [0.2, 0.25) is 10.0 Å². The van der Waals surface area contributed by atoms with Gasteiger partial charge >= 0.3 is 0 Å². The minimum atomic E-state index is -3.97. The van der Waals surface area contributed by atoms with Crippen LogP contribution in [-0.4, -0.2) is 32.1 Å². The first-order valence-corrected chi connectivity index (χ1v) is 9.46. The second-order valence-corrected chi connectivity index (χ2v) is 7.81. The number of aliphatic hydroxyl groups excluding tert-OH is 1. The molecular formula is C16H16Cl2N2O4S. The maximum Gasteiger partial charge on any atom is 0.263 e. The molecule has 3 N–H and O–H groups in total. The molecule has 0 saturated carbocycles. The van der Waals surface area contributed by atoms with Crippen molar-refractivity contribution in [2.75, 3.05) is 11.3 Å². The average Bonchev–Trinajstić information content (AvgIpc) is 2.56. The van der Waals surface area contributed by atoms with Gasteiger partial charge in [0.25, 0.3) is 15.9 Å². The molecule has 0 fully saturated rings. The van der Waals surface area contributed by atoms with Gasteiger partial charge in [0.2, 0.25) is 0 Å². The van der Waals surface area contributed by atoms with E-state index >= 15 is 0 Å². The van der Waals surface area contributed by atoms with Gasteiger partial charge in [-0.05, 0) is 43.3 Å². The lowest BCUT2D eigenvalue weighted by Crippen LogP contribution is -2.35. The van der Waals surface area contributed by atoms with Crippen LogP contribution in [0.1, 0.15) is 17.3 Å². The summed E-state index contributed by atoms with van der Waals surface area (Å²) in [6, 6.07) is 9.65. The Bertz CT molecular complexity index is 887. The average molecular weight is 403 g/mol. The number of carbonyl (C=O) groups excluding carboxylic acids is 1. The summed E-state index contributed by atoms with van der Waals surface area (Å²) < 4.78 is 27.3. The number of amides is 1. The first-order valence-electron chi connectivity index (χ1n) is 7.22. The number of sulfonamides is 1. The molecule has 0 bridgehead atoms. The Labute approximate surface area is 155 Å². The van der Waals surface area contributed by atoms with Crippen LogP contribution in [0.25, 0.3) is 0 Å². The lowest BCUT2D eigenvalue weighted by atomic mass is 10.2. The van der Waals surface area contributed by atoms with E-state index < -0.39 is 22.0 Å². The van der Waals surface area contributed by atoms with Gasteiger partial charge in [0.1, 0.15) is 4.90 Å². The van der Waals surface area contributed by atoms with Gasteiger partial charge in [-0.1, -0.05) is 29.3 Å². The van der Waals surface area contributed by atoms with Crippen molar-refractivity contribution in [2.45, 2.75) is 17.9 Å². The molecule has 0 aliphatic carbocycles. The molecule has 0 spiro atoms. The summed E-state index contributed by atoms with van der Waals surface area (Å²) in [5.74, 6) is -0.427. The van der Waals surface area contributed by atoms with Crippen molar-refractivity contribution < 1.29 is 18.3 Å². The molecule has 6 nitrogen and oxygen atoms in total. The predicted octanol–water partition coefficient (Wildman–Crippen LogP) is 2.90. The molecule has 0 aliphatic heterocycles. The van der Waals surface area contributed by atoms with E-state index in [0.717, 1.165) is 0 Å². The number of rotatable bonds is 6. The van der Waals surface area contributed by atoms with Gasteiger partial charge in [-0.2, -0.15) is 0 Å². The van der Waals surface area contributed by atoms with Crippen LogP contribution in [-0.2, 0) is 10.0 Å². The molecule has 25 heavy (non-hydrogen) atoms. The lowest BCUT2D eigenvalue weighted by Gasteiger charge is -2.13. The Kier molecular flexibility index (Phi) is 6.29. The molecule has 2 aromatic carbocycles. The van der Waals surface area contributed by atoms with E-state index in [2.05, 4.69) is 10.0 Å². The maximum atomic E-state index is 12.5. The highest BCUT2D eigenvalue weighted by Crippen LogP contribution is 2.27. The summed E-state index contributed by atoms with van der Waals surface area (Å²) in [5.41, 5.74) is 0.443. The second kappa shape index (κ2) is 8.05. The fraction of sp³-hybridized carbons (Fsp3) is 0.188. The maximum absolute atomic E-state index is 12.5. The van der Waals surface area contributed by atoms with E-state index in [-0.39, 0.29) is 32.8 Å². The largest absolute Gasteiger partial charge is 0.394 e. The number of hydrogen-bond donors (Lipinski definition) is 3. The van der Waals surface area contributed by atoms with Gasteiger partial charge in [0, 0.05) is 22.3 Å². The van der Waals surface area contributed by atoms with E-state index in [4.69, 9.17) is 28.3 Å². The minimum absolute atomic E-state index is 0.0302. The van der Waals surface area contributed by atoms with Crippen molar-refractivity contribution in [3.8, 4) is 0 Å². The van der Waals surface area contributed by atoms with Crippen LogP contribution in [0.5, 0.6) is 0 Å². The third-order valence-corrected chi connectivity index (χ3v) is 5.31. The topological polar surface area (TPSA) is 95.5 Å². The molecule has 0 radical (unpaired) electrons. The Morgan fingerprint density at radius 1 is 1.20 bits per heavy atom. The van der Waals surface area contributed by atoms with Crippen LogP contribution < -0.4 is 10.0 Å². The van der Waals surface area contributed by atoms with Gasteiger partial charge in [-0.15, -0.1) is 0 Å². The van der Waals surface area contributed by atoms with Crippen molar-refractivity contribution in [1.29, 1.82) is 0 Å². The third kappa shape index (κ3) is 5.09. The molecular weight excluding hydrogens is 387 g/mol. The Balaban J connectivity index is 2.27. The normalized spacial score (nSPS) is 12.5. The number of hydrogen-bond acceptors (Lipinski definition) is 4. The quantitative estimate of drug-likeness (QED) is 0.691. The molecule has 0 aromatic heterocycles. The van der Waals surface area contributed by atoms with Crippen LogP contribution in [0.4, 0.5) is 5.69 Å². The molecule has 2 rings (SSSR count).